The fourth-order valence-electron chi connectivity index (χ4n) is 2.85. The van der Waals surface area contributed by atoms with Crippen molar-refractivity contribution in [3.05, 3.63) is 70.5 Å². The summed E-state index contributed by atoms with van der Waals surface area (Å²) in [7, 11) is 0. The second-order valence-electron chi connectivity index (χ2n) is 6.17. The minimum absolute atomic E-state index is 0.159. The molecule has 4 aromatic rings. The number of aromatic nitrogens is 5. The molecule has 1 aromatic carbocycles. The molecule has 3 aromatic heterocycles. The monoisotopic (exact) mass is 381 g/mol. The third kappa shape index (κ3) is 3.11. The lowest BCUT2D eigenvalue weighted by Gasteiger charge is -2.14. The number of aliphatic hydroxyl groups excluding tert-OH is 1. The Bertz CT molecular complexity index is 1150. The Kier molecular flexibility index (Phi) is 4.47. The molecule has 7 nitrogen and oxygen atoms in total. The lowest BCUT2D eigenvalue weighted by Crippen LogP contribution is -2.26. The summed E-state index contributed by atoms with van der Waals surface area (Å²) in [6, 6.07) is 10.3. The first-order valence-electron chi connectivity index (χ1n) is 8.37. The van der Waals surface area contributed by atoms with Crippen LogP contribution in [0.15, 0.2) is 59.9 Å². The third-order valence-corrected chi connectivity index (χ3v) is 4.60. The number of nitrogens with zero attached hydrogens (tertiary/aromatic N) is 5. The topological polar surface area (TPSA) is 85.8 Å². The smallest absolute Gasteiger partial charge is 0.261 e. The van der Waals surface area contributed by atoms with Crippen molar-refractivity contribution in [2.75, 3.05) is 6.61 Å². The molecule has 0 saturated heterocycles. The molecule has 0 amide bonds. The number of halogens is 1. The molecule has 1 unspecified atom stereocenters. The van der Waals surface area contributed by atoms with E-state index >= 15 is 0 Å². The van der Waals surface area contributed by atoms with E-state index in [1.807, 2.05) is 12.1 Å². The summed E-state index contributed by atoms with van der Waals surface area (Å²) in [6.07, 6.45) is 4.82. The second-order valence-corrected chi connectivity index (χ2v) is 6.61. The Morgan fingerprint density at radius 2 is 2.04 bits per heavy atom. The standard InChI is InChI=1S/C19H16ClN5O2/c1-12(10-26)24-11-21-17-15(19(24)27)9-16(13-3-5-14(20)6-4-13)23-18(17)25-8-2-7-22-25/h2-9,11-12,26H,10H2,1H3. The van der Waals surface area contributed by atoms with Crippen LogP contribution in [0.4, 0.5) is 0 Å². The molecule has 0 spiro atoms. The molecular weight excluding hydrogens is 366 g/mol. The molecule has 1 atom stereocenters. The number of aliphatic hydroxyl groups is 1. The molecule has 0 bridgehead atoms. The van der Waals surface area contributed by atoms with E-state index in [1.165, 1.54) is 10.9 Å². The molecule has 0 aliphatic heterocycles. The Labute approximate surface area is 159 Å². The highest BCUT2D eigenvalue weighted by Gasteiger charge is 2.16. The van der Waals surface area contributed by atoms with Crippen LogP contribution in [-0.4, -0.2) is 36.0 Å². The summed E-state index contributed by atoms with van der Waals surface area (Å²) in [4.78, 5) is 22.1. The van der Waals surface area contributed by atoms with Crippen molar-refractivity contribution < 1.29 is 5.11 Å². The van der Waals surface area contributed by atoms with Gasteiger partial charge in [0.15, 0.2) is 5.82 Å². The molecule has 27 heavy (non-hydrogen) atoms. The molecule has 0 fully saturated rings. The predicted molar refractivity (Wildman–Crippen MR) is 103 cm³/mol. The fraction of sp³-hybridized carbons (Fsp3) is 0.158. The van der Waals surface area contributed by atoms with Gasteiger partial charge < -0.3 is 5.11 Å². The van der Waals surface area contributed by atoms with E-state index < -0.39 is 0 Å². The normalized spacial score (nSPS) is 12.4. The van der Waals surface area contributed by atoms with Gasteiger partial charge in [-0.05, 0) is 31.2 Å². The molecule has 136 valence electrons. The molecule has 1 N–H and O–H groups in total. The van der Waals surface area contributed by atoms with Crippen molar-refractivity contribution in [3.8, 4) is 17.1 Å². The SMILES string of the molecule is CC(CO)n1cnc2c(-n3cccn3)nc(-c3ccc(Cl)cc3)cc2c1=O. The van der Waals surface area contributed by atoms with E-state index in [0.717, 1.165) is 5.56 Å². The molecule has 8 heteroatoms. The predicted octanol–water partition coefficient (Wildman–Crippen LogP) is 2.85. The molecular formula is C19H16ClN5O2. The van der Waals surface area contributed by atoms with E-state index in [1.54, 1.807) is 48.3 Å². The zero-order valence-corrected chi connectivity index (χ0v) is 15.2. The Morgan fingerprint density at radius 3 is 2.70 bits per heavy atom. The summed E-state index contributed by atoms with van der Waals surface area (Å²) < 4.78 is 2.99. The van der Waals surface area contributed by atoms with Crippen LogP contribution in [0.1, 0.15) is 13.0 Å². The van der Waals surface area contributed by atoms with Crippen molar-refractivity contribution in [1.29, 1.82) is 0 Å². The Morgan fingerprint density at radius 1 is 1.26 bits per heavy atom. The summed E-state index contributed by atoms with van der Waals surface area (Å²) in [5, 5.41) is 14.7. The van der Waals surface area contributed by atoms with Gasteiger partial charge in [0, 0.05) is 23.0 Å². The zero-order chi connectivity index (χ0) is 19.0. The van der Waals surface area contributed by atoms with Gasteiger partial charge in [0.1, 0.15) is 5.52 Å². The maximum Gasteiger partial charge on any atom is 0.261 e. The van der Waals surface area contributed by atoms with Gasteiger partial charge >= 0.3 is 0 Å². The first-order chi connectivity index (χ1) is 13.1. The van der Waals surface area contributed by atoms with E-state index in [-0.39, 0.29) is 18.2 Å². The lowest BCUT2D eigenvalue weighted by atomic mass is 10.1. The second kappa shape index (κ2) is 6.94. The van der Waals surface area contributed by atoms with Gasteiger partial charge in [-0.15, -0.1) is 0 Å². The number of pyridine rings is 1. The van der Waals surface area contributed by atoms with Gasteiger partial charge in [-0.1, -0.05) is 23.7 Å². The van der Waals surface area contributed by atoms with Gasteiger partial charge in [0.05, 0.1) is 30.1 Å². The third-order valence-electron chi connectivity index (χ3n) is 4.35. The average molecular weight is 382 g/mol. The number of fused-ring (bicyclic) bond motifs is 1. The van der Waals surface area contributed by atoms with E-state index in [2.05, 4.69) is 15.1 Å². The zero-order valence-electron chi connectivity index (χ0n) is 14.5. The molecule has 0 aliphatic carbocycles. The molecule has 4 rings (SSSR count). The van der Waals surface area contributed by atoms with Gasteiger partial charge in [-0.3, -0.25) is 9.36 Å². The van der Waals surface area contributed by atoms with Crippen LogP contribution in [0, 0.1) is 0 Å². The highest BCUT2D eigenvalue weighted by atomic mass is 35.5. The first kappa shape index (κ1) is 17.4. The van der Waals surface area contributed by atoms with E-state index in [4.69, 9.17) is 11.6 Å². The van der Waals surface area contributed by atoms with E-state index in [9.17, 15) is 9.90 Å². The quantitative estimate of drug-likeness (QED) is 0.587. The first-order valence-corrected chi connectivity index (χ1v) is 8.75. The molecule has 0 radical (unpaired) electrons. The van der Waals surface area contributed by atoms with Gasteiger partial charge in [0.2, 0.25) is 0 Å². The summed E-state index contributed by atoms with van der Waals surface area (Å²) in [5.74, 6) is 0.461. The van der Waals surface area contributed by atoms with Crippen molar-refractivity contribution in [2.24, 2.45) is 0 Å². The molecule has 3 heterocycles. The largest absolute Gasteiger partial charge is 0.394 e. The minimum atomic E-state index is -0.380. The highest BCUT2D eigenvalue weighted by Crippen LogP contribution is 2.25. The number of benzene rings is 1. The van der Waals surface area contributed by atoms with Crippen molar-refractivity contribution in [1.82, 2.24) is 24.3 Å². The van der Waals surface area contributed by atoms with Crippen LogP contribution in [0.2, 0.25) is 5.02 Å². The molecule has 0 saturated carbocycles. The van der Waals surface area contributed by atoms with Gasteiger partial charge in [0.25, 0.3) is 5.56 Å². The maximum atomic E-state index is 13.0. The van der Waals surface area contributed by atoms with Crippen LogP contribution >= 0.6 is 11.6 Å². The summed E-state index contributed by atoms with van der Waals surface area (Å²) in [5.41, 5.74) is 1.63. The lowest BCUT2D eigenvalue weighted by molar-refractivity contribution is 0.236. The van der Waals surface area contributed by atoms with Gasteiger partial charge in [-0.25, -0.2) is 14.6 Å². The fourth-order valence-corrected chi connectivity index (χ4v) is 2.98. The summed E-state index contributed by atoms with van der Waals surface area (Å²) >= 11 is 5.98. The van der Waals surface area contributed by atoms with Crippen molar-refractivity contribution in [2.45, 2.75) is 13.0 Å². The maximum absolute atomic E-state index is 13.0. The number of hydrogen-bond acceptors (Lipinski definition) is 5. The molecule has 0 aliphatic rings. The minimum Gasteiger partial charge on any atom is -0.394 e. The number of hydrogen-bond donors (Lipinski definition) is 1. The summed E-state index contributed by atoms with van der Waals surface area (Å²) in [6.45, 7) is 1.60. The highest BCUT2D eigenvalue weighted by molar-refractivity contribution is 6.30. The van der Waals surface area contributed by atoms with Crippen LogP contribution in [0.5, 0.6) is 0 Å². The average Bonchev–Trinajstić information content (AvgIpc) is 3.22. The van der Waals surface area contributed by atoms with E-state index in [0.29, 0.717) is 27.4 Å². The van der Waals surface area contributed by atoms with Gasteiger partial charge in [-0.2, -0.15) is 5.10 Å². The Balaban J connectivity index is 2.04. The van der Waals surface area contributed by atoms with Crippen LogP contribution in [0.3, 0.4) is 0 Å². The number of rotatable bonds is 4. The van der Waals surface area contributed by atoms with Crippen molar-refractivity contribution >= 4 is 22.5 Å². The van der Waals surface area contributed by atoms with Crippen LogP contribution in [0.25, 0.3) is 28.0 Å². The van der Waals surface area contributed by atoms with Crippen LogP contribution in [-0.2, 0) is 0 Å². The van der Waals surface area contributed by atoms with Crippen molar-refractivity contribution in [3.63, 3.8) is 0 Å². The van der Waals surface area contributed by atoms with Crippen LogP contribution < -0.4 is 5.56 Å². The Hall–Kier alpha value is -3.03.